The summed E-state index contributed by atoms with van der Waals surface area (Å²) in [5, 5.41) is 7.01. The molecule has 1 aliphatic heterocycles. The van der Waals surface area contributed by atoms with E-state index in [1.807, 2.05) is 19.1 Å². The Morgan fingerprint density at radius 1 is 1.43 bits per heavy atom. The second-order valence-electron chi connectivity index (χ2n) is 5.50. The van der Waals surface area contributed by atoms with Gasteiger partial charge in [0.2, 0.25) is 0 Å². The minimum absolute atomic E-state index is 0.275. The van der Waals surface area contributed by atoms with Crippen LogP contribution in [0.3, 0.4) is 0 Å². The van der Waals surface area contributed by atoms with Gasteiger partial charge in [-0.05, 0) is 31.9 Å². The summed E-state index contributed by atoms with van der Waals surface area (Å²) in [6, 6.07) is 4.07. The summed E-state index contributed by atoms with van der Waals surface area (Å²) in [4.78, 5) is 10.8. The Kier molecular flexibility index (Phi) is 4.57. The third-order valence-electron chi connectivity index (χ3n) is 3.76. The molecule has 0 aliphatic carbocycles. The molecule has 0 saturated carbocycles. The average molecular weight is 287 g/mol. The zero-order chi connectivity index (χ0) is 14.5. The molecule has 112 valence electrons. The zero-order valence-electron chi connectivity index (χ0n) is 12.3. The van der Waals surface area contributed by atoms with Crippen molar-refractivity contribution >= 4 is 0 Å². The van der Waals surface area contributed by atoms with Gasteiger partial charge in [0.05, 0.1) is 12.7 Å². The van der Waals surface area contributed by atoms with Gasteiger partial charge in [-0.25, -0.2) is 9.97 Å². The van der Waals surface area contributed by atoms with Crippen LogP contribution in [0.4, 0.5) is 0 Å². The molecule has 3 rings (SSSR count). The van der Waals surface area contributed by atoms with Gasteiger partial charge in [-0.3, -0.25) is 10.00 Å². The van der Waals surface area contributed by atoms with Gasteiger partial charge in [-0.15, -0.1) is 0 Å². The number of ether oxygens (including phenoxy) is 1. The molecule has 1 aliphatic rings. The molecule has 0 bridgehead atoms. The van der Waals surface area contributed by atoms with Crippen molar-refractivity contribution in [2.75, 3.05) is 19.7 Å². The molecular weight excluding hydrogens is 266 g/mol. The van der Waals surface area contributed by atoms with Crippen LogP contribution in [0.5, 0.6) is 0 Å². The van der Waals surface area contributed by atoms with Crippen molar-refractivity contribution < 1.29 is 4.74 Å². The quantitative estimate of drug-likeness (QED) is 0.899. The van der Waals surface area contributed by atoms with Crippen LogP contribution in [0.15, 0.2) is 24.7 Å². The van der Waals surface area contributed by atoms with E-state index in [2.05, 4.69) is 25.1 Å². The van der Waals surface area contributed by atoms with Gasteiger partial charge in [-0.1, -0.05) is 0 Å². The lowest BCUT2D eigenvalue weighted by atomic mass is 10.1. The molecule has 21 heavy (non-hydrogen) atoms. The fraction of sp³-hybridized carbons (Fsp3) is 0.533. The van der Waals surface area contributed by atoms with E-state index in [9.17, 15) is 0 Å². The van der Waals surface area contributed by atoms with Crippen molar-refractivity contribution in [3.05, 3.63) is 41.7 Å². The lowest BCUT2D eigenvalue weighted by Gasteiger charge is -2.32. The largest absolute Gasteiger partial charge is 0.376 e. The molecule has 0 aromatic carbocycles. The van der Waals surface area contributed by atoms with Crippen molar-refractivity contribution in [3.8, 4) is 0 Å². The Hall–Kier alpha value is -1.79. The fourth-order valence-electron chi connectivity index (χ4n) is 2.67. The SMILES string of the molecule is Cc1cc(CC[C@@H]2CN(Cc3ccn[nH]3)CCO2)ncn1. The van der Waals surface area contributed by atoms with E-state index in [-0.39, 0.29) is 6.10 Å². The molecule has 2 aromatic heterocycles. The summed E-state index contributed by atoms with van der Waals surface area (Å²) >= 11 is 0. The molecule has 2 aromatic rings. The molecule has 0 spiro atoms. The number of H-pyrrole nitrogens is 1. The van der Waals surface area contributed by atoms with Crippen LogP contribution in [0.25, 0.3) is 0 Å². The molecule has 0 unspecified atom stereocenters. The monoisotopic (exact) mass is 287 g/mol. The highest BCUT2D eigenvalue weighted by molar-refractivity contribution is 5.06. The summed E-state index contributed by atoms with van der Waals surface area (Å²) < 4.78 is 5.87. The van der Waals surface area contributed by atoms with Crippen molar-refractivity contribution in [3.63, 3.8) is 0 Å². The molecule has 1 saturated heterocycles. The van der Waals surface area contributed by atoms with Gasteiger partial charge in [0.1, 0.15) is 6.33 Å². The number of hydrogen-bond acceptors (Lipinski definition) is 5. The maximum absolute atomic E-state index is 5.87. The highest BCUT2D eigenvalue weighted by atomic mass is 16.5. The van der Waals surface area contributed by atoms with Gasteiger partial charge in [0.15, 0.2) is 0 Å². The Labute approximate surface area is 124 Å². The Balaban J connectivity index is 1.49. The zero-order valence-corrected chi connectivity index (χ0v) is 12.3. The van der Waals surface area contributed by atoms with E-state index in [1.54, 1.807) is 12.5 Å². The Morgan fingerprint density at radius 3 is 3.19 bits per heavy atom. The van der Waals surface area contributed by atoms with E-state index in [0.717, 1.165) is 56.2 Å². The van der Waals surface area contributed by atoms with Gasteiger partial charge in [0.25, 0.3) is 0 Å². The lowest BCUT2D eigenvalue weighted by molar-refractivity contribution is -0.0350. The van der Waals surface area contributed by atoms with Crippen LogP contribution >= 0.6 is 0 Å². The van der Waals surface area contributed by atoms with Crippen LogP contribution in [0, 0.1) is 6.92 Å². The maximum atomic E-state index is 5.87. The number of nitrogens with one attached hydrogen (secondary N) is 1. The first kappa shape index (κ1) is 14.2. The van der Waals surface area contributed by atoms with Crippen molar-refractivity contribution in [1.29, 1.82) is 0 Å². The number of rotatable bonds is 5. The van der Waals surface area contributed by atoms with Crippen LogP contribution in [0.1, 0.15) is 23.5 Å². The molecular formula is C15H21N5O. The molecule has 0 amide bonds. The summed E-state index contributed by atoms with van der Waals surface area (Å²) in [6.07, 6.45) is 5.64. The standard InChI is InChI=1S/C15H21N5O/c1-12-8-13(17-11-16-12)2-3-15-10-20(6-7-21-15)9-14-4-5-18-19-14/h4-5,8,11,15H,2-3,6-7,9-10H2,1H3,(H,18,19)/t15-/m1/s1. The predicted molar refractivity (Wildman–Crippen MR) is 78.7 cm³/mol. The predicted octanol–water partition coefficient (Wildman–Crippen LogP) is 1.34. The summed E-state index contributed by atoms with van der Waals surface area (Å²) in [5.74, 6) is 0. The van der Waals surface area contributed by atoms with E-state index in [1.165, 1.54) is 0 Å². The van der Waals surface area contributed by atoms with Gasteiger partial charge in [-0.2, -0.15) is 5.10 Å². The van der Waals surface area contributed by atoms with Gasteiger partial charge < -0.3 is 4.74 Å². The molecule has 6 heteroatoms. The number of aryl methyl sites for hydroxylation is 2. The first-order valence-corrected chi connectivity index (χ1v) is 7.39. The topological polar surface area (TPSA) is 66.9 Å². The van der Waals surface area contributed by atoms with E-state index < -0.39 is 0 Å². The third kappa shape index (κ3) is 4.09. The summed E-state index contributed by atoms with van der Waals surface area (Å²) in [6.45, 7) is 5.63. The molecule has 6 nitrogen and oxygen atoms in total. The van der Waals surface area contributed by atoms with Crippen LogP contribution in [-0.4, -0.2) is 50.9 Å². The van der Waals surface area contributed by atoms with Gasteiger partial charge in [0, 0.05) is 42.9 Å². The second-order valence-corrected chi connectivity index (χ2v) is 5.50. The first-order chi connectivity index (χ1) is 10.3. The Morgan fingerprint density at radius 2 is 2.38 bits per heavy atom. The van der Waals surface area contributed by atoms with Gasteiger partial charge >= 0.3 is 0 Å². The number of hydrogen-bond donors (Lipinski definition) is 1. The minimum atomic E-state index is 0.275. The molecule has 1 atom stereocenters. The molecule has 1 fully saturated rings. The highest BCUT2D eigenvalue weighted by Crippen LogP contribution is 2.13. The average Bonchev–Trinajstić information content (AvgIpc) is 2.99. The lowest BCUT2D eigenvalue weighted by Crippen LogP contribution is -2.42. The number of aromatic nitrogens is 4. The summed E-state index contributed by atoms with van der Waals surface area (Å²) in [5.41, 5.74) is 3.27. The maximum Gasteiger partial charge on any atom is 0.115 e. The first-order valence-electron chi connectivity index (χ1n) is 7.39. The van der Waals surface area contributed by atoms with Crippen LogP contribution in [0.2, 0.25) is 0 Å². The highest BCUT2D eigenvalue weighted by Gasteiger charge is 2.20. The third-order valence-corrected chi connectivity index (χ3v) is 3.76. The van der Waals surface area contributed by atoms with E-state index in [0.29, 0.717) is 0 Å². The Bertz CT molecular complexity index is 557. The second kappa shape index (κ2) is 6.78. The number of aromatic amines is 1. The minimum Gasteiger partial charge on any atom is -0.376 e. The van der Waals surface area contributed by atoms with Crippen LogP contribution in [-0.2, 0) is 17.7 Å². The smallest absolute Gasteiger partial charge is 0.115 e. The normalized spacial score (nSPS) is 19.8. The number of nitrogens with zero attached hydrogens (tertiary/aromatic N) is 4. The van der Waals surface area contributed by atoms with E-state index >= 15 is 0 Å². The molecule has 1 N–H and O–H groups in total. The fourth-order valence-corrected chi connectivity index (χ4v) is 2.67. The van der Waals surface area contributed by atoms with Crippen LogP contribution < -0.4 is 0 Å². The summed E-state index contributed by atoms with van der Waals surface area (Å²) in [7, 11) is 0. The van der Waals surface area contributed by atoms with Crippen molar-refractivity contribution in [2.24, 2.45) is 0 Å². The number of morpholine rings is 1. The van der Waals surface area contributed by atoms with Crippen molar-refractivity contribution in [2.45, 2.75) is 32.4 Å². The molecule has 0 radical (unpaired) electrons. The van der Waals surface area contributed by atoms with Crippen molar-refractivity contribution in [1.82, 2.24) is 25.1 Å². The molecule has 3 heterocycles. The van der Waals surface area contributed by atoms with E-state index in [4.69, 9.17) is 4.74 Å².